The van der Waals surface area contributed by atoms with Gasteiger partial charge in [0.2, 0.25) is 5.91 Å². The van der Waals surface area contributed by atoms with Crippen LogP contribution in [0.5, 0.6) is 0 Å². The topological polar surface area (TPSA) is 67.4 Å². The molecule has 1 unspecified atom stereocenters. The highest BCUT2D eigenvalue weighted by molar-refractivity contribution is 5.92. The maximum Gasteiger partial charge on any atom is 0.331 e. The lowest BCUT2D eigenvalue weighted by Crippen LogP contribution is -2.50. The van der Waals surface area contributed by atoms with Gasteiger partial charge in [0.25, 0.3) is 0 Å². The van der Waals surface area contributed by atoms with Crippen LogP contribution < -0.4 is 10.6 Å². The molecule has 1 heterocycles. The molecule has 0 radical (unpaired) electrons. The highest BCUT2D eigenvalue weighted by atomic mass is 16.5. The Labute approximate surface area is 94.9 Å². The molecule has 1 saturated heterocycles. The van der Waals surface area contributed by atoms with Gasteiger partial charge in [-0.2, -0.15) is 0 Å². The molecule has 5 nitrogen and oxygen atoms in total. The molecule has 5 heteroatoms. The van der Waals surface area contributed by atoms with Crippen molar-refractivity contribution >= 4 is 11.9 Å². The molecular weight excluding hydrogens is 208 g/mol. The average Bonchev–Trinajstić information content (AvgIpc) is 2.83. The first-order valence-electron chi connectivity index (χ1n) is 5.90. The first-order valence-corrected chi connectivity index (χ1v) is 5.90. The summed E-state index contributed by atoms with van der Waals surface area (Å²) in [7, 11) is 0. The summed E-state index contributed by atoms with van der Waals surface area (Å²) >= 11 is 0. The van der Waals surface area contributed by atoms with Gasteiger partial charge in [-0.05, 0) is 39.2 Å². The molecule has 0 spiro atoms. The molecule has 2 rings (SSSR count). The van der Waals surface area contributed by atoms with Crippen molar-refractivity contribution < 1.29 is 14.3 Å². The Morgan fingerprint density at radius 2 is 2.25 bits per heavy atom. The van der Waals surface area contributed by atoms with Crippen molar-refractivity contribution in [3.8, 4) is 0 Å². The molecule has 90 valence electrons. The summed E-state index contributed by atoms with van der Waals surface area (Å²) in [6, 6.07) is -0.132. The lowest BCUT2D eigenvalue weighted by atomic mass is 10.2. The molecule has 1 aliphatic carbocycles. The van der Waals surface area contributed by atoms with E-state index in [0.29, 0.717) is 19.4 Å². The van der Waals surface area contributed by atoms with Gasteiger partial charge in [-0.3, -0.25) is 4.79 Å². The fraction of sp³-hybridized carbons (Fsp3) is 0.818. The predicted octanol–water partition coefficient (Wildman–Crippen LogP) is -0.0497. The van der Waals surface area contributed by atoms with Gasteiger partial charge in [-0.25, -0.2) is 4.79 Å². The van der Waals surface area contributed by atoms with Crippen LogP contribution in [0.25, 0.3) is 0 Å². The van der Waals surface area contributed by atoms with Crippen molar-refractivity contribution in [1.29, 1.82) is 0 Å². The Morgan fingerprint density at radius 3 is 2.75 bits per heavy atom. The standard InChI is InChI=1S/C11H18N2O3/c1-2-16-10(15)11(5-6-11)13-9(14)8-4-3-7-12-8/h8,12H,2-7H2,1H3,(H,13,14). The number of carbonyl (C=O) groups excluding carboxylic acids is 2. The van der Waals surface area contributed by atoms with Gasteiger partial charge in [0, 0.05) is 0 Å². The number of carbonyl (C=O) groups is 2. The zero-order valence-corrected chi connectivity index (χ0v) is 9.54. The smallest absolute Gasteiger partial charge is 0.331 e. The number of nitrogens with one attached hydrogen (secondary N) is 2. The first-order chi connectivity index (χ1) is 7.68. The van der Waals surface area contributed by atoms with E-state index >= 15 is 0 Å². The Bertz CT molecular complexity index is 294. The van der Waals surface area contributed by atoms with Gasteiger partial charge in [0.15, 0.2) is 0 Å². The molecule has 0 aromatic heterocycles. The van der Waals surface area contributed by atoms with Crippen LogP contribution in [-0.2, 0) is 14.3 Å². The van der Waals surface area contributed by atoms with E-state index in [1.165, 1.54) is 0 Å². The average molecular weight is 226 g/mol. The second kappa shape index (κ2) is 4.41. The van der Waals surface area contributed by atoms with Crippen molar-refractivity contribution in [3.05, 3.63) is 0 Å². The molecule has 1 atom stereocenters. The van der Waals surface area contributed by atoms with Crippen molar-refractivity contribution in [2.45, 2.75) is 44.2 Å². The molecule has 1 saturated carbocycles. The number of hydrogen-bond donors (Lipinski definition) is 2. The van der Waals surface area contributed by atoms with E-state index in [2.05, 4.69) is 10.6 Å². The second-order valence-electron chi connectivity index (χ2n) is 4.44. The fourth-order valence-electron chi connectivity index (χ4n) is 2.01. The summed E-state index contributed by atoms with van der Waals surface area (Å²) in [4.78, 5) is 23.4. The lowest BCUT2D eigenvalue weighted by Gasteiger charge is -2.18. The van der Waals surface area contributed by atoms with Crippen LogP contribution in [0.15, 0.2) is 0 Å². The third-order valence-corrected chi connectivity index (χ3v) is 3.16. The normalized spacial score (nSPS) is 26.2. The van der Waals surface area contributed by atoms with Crippen molar-refractivity contribution in [1.82, 2.24) is 10.6 Å². The number of hydrogen-bond acceptors (Lipinski definition) is 4. The Hall–Kier alpha value is -1.10. The first kappa shape index (κ1) is 11.4. The third-order valence-electron chi connectivity index (χ3n) is 3.16. The molecule has 0 bridgehead atoms. The molecule has 16 heavy (non-hydrogen) atoms. The number of ether oxygens (including phenoxy) is 1. The van der Waals surface area contributed by atoms with Gasteiger partial charge in [0.05, 0.1) is 12.6 Å². The van der Waals surface area contributed by atoms with E-state index in [0.717, 1.165) is 19.4 Å². The Balaban J connectivity index is 1.88. The summed E-state index contributed by atoms with van der Waals surface area (Å²) in [5.41, 5.74) is -0.711. The largest absolute Gasteiger partial charge is 0.464 e. The maximum absolute atomic E-state index is 11.8. The van der Waals surface area contributed by atoms with Gasteiger partial charge in [-0.1, -0.05) is 0 Å². The molecule has 1 amide bonds. The van der Waals surface area contributed by atoms with Crippen LogP contribution >= 0.6 is 0 Å². The molecule has 0 aromatic carbocycles. The molecule has 2 fully saturated rings. The molecule has 2 aliphatic rings. The van der Waals surface area contributed by atoms with Gasteiger partial charge < -0.3 is 15.4 Å². The zero-order valence-electron chi connectivity index (χ0n) is 9.54. The van der Waals surface area contributed by atoms with Gasteiger partial charge in [0.1, 0.15) is 5.54 Å². The van der Waals surface area contributed by atoms with Gasteiger partial charge >= 0.3 is 5.97 Å². The highest BCUT2D eigenvalue weighted by Gasteiger charge is 2.53. The monoisotopic (exact) mass is 226 g/mol. The van der Waals surface area contributed by atoms with Crippen molar-refractivity contribution in [2.24, 2.45) is 0 Å². The molecular formula is C11H18N2O3. The number of rotatable bonds is 4. The van der Waals surface area contributed by atoms with Crippen LogP contribution in [0.1, 0.15) is 32.6 Å². The molecule has 1 aliphatic heterocycles. The van der Waals surface area contributed by atoms with Gasteiger partial charge in [-0.15, -0.1) is 0 Å². The quantitative estimate of drug-likeness (QED) is 0.660. The van der Waals surface area contributed by atoms with Crippen molar-refractivity contribution in [3.63, 3.8) is 0 Å². The molecule has 2 N–H and O–H groups in total. The van der Waals surface area contributed by atoms with Crippen LogP contribution in [0.2, 0.25) is 0 Å². The summed E-state index contributed by atoms with van der Waals surface area (Å²) in [6.07, 6.45) is 3.27. The summed E-state index contributed by atoms with van der Waals surface area (Å²) in [5.74, 6) is -0.357. The van der Waals surface area contributed by atoms with E-state index in [4.69, 9.17) is 4.74 Å². The van der Waals surface area contributed by atoms with Crippen LogP contribution in [-0.4, -0.2) is 36.6 Å². The van der Waals surface area contributed by atoms with E-state index in [1.807, 2.05) is 0 Å². The third kappa shape index (κ3) is 2.19. The minimum Gasteiger partial charge on any atom is -0.464 e. The maximum atomic E-state index is 11.8. The van der Waals surface area contributed by atoms with E-state index in [9.17, 15) is 9.59 Å². The second-order valence-corrected chi connectivity index (χ2v) is 4.44. The zero-order chi connectivity index (χ0) is 11.6. The predicted molar refractivity (Wildman–Crippen MR) is 57.8 cm³/mol. The van der Waals surface area contributed by atoms with E-state index in [1.54, 1.807) is 6.92 Å². The highest BCUT2D eigenvalue weighted by Crippen LogP contribution is 2.36. The van der Waals surface area contributed by atoms with Crippen molar-refractivity contribution in [2.75, 3.05) is 13.2 Å². The Morgan fingerprint density at radius 1 is 1.50 bits per heavy atom. The fourth-order valence-corrected chi connectivity index (χ4v) is 2.01. The summed E-state index contributed by atoms with van der Waals surface area (Å²) in [5, 5.41) is 5.93. The van der Waals surface area contributed by atoms with Crippen LogP contribution in [0.4, 0.5) is 0 Å². The van der Waals surface area contributed by atoms with Crippen LogP contribution in [0.3, 0.4) is 0 Å². The molecule has 0 aromatic rings. The van der Waals surface area contributed by atoms with Crippen LogP contribution in [0, 0.1) is 0 Å². The number of esters is 1. The number of amides is 1. The van der Waals surface area contributed by atoms with E-state index in [-0.39, 0.29) is 17.9 Å². The Kier molecular flexibility index (Phi) is 3.14. The minimum atomic E-state index is -0.711. The SMILES string of the molecule is CCOC(=O)C1(NC(=O)C2CCCN2)CC1. The summed E-state index contributed by atoms with van der Waals surface area (Å²) in [6.45, 7) is 3.01. The summed E-state index contributed by atoms with van der Waals surface area (Å²) < 4.78 is 4.96. The lowest BCUT2D eigenvalue weighted by molar-refractivity contribution is -0.149. The van der Waals surface area contributed by atoms with E-state index < -0.39 is 5.54 Å². The minimum absolute atomic E-state index is 0.0666.